The van der Waals surface area contributed by atoms with Crippen molar-refractivity contribution in [1.29, 1.82) is 0 Å². The molecular formula is C35H49N6O6P. The van der Waals surface area contributed by atoms with Gasteiger partial charge in [-0.2, -0.15) is 9.97 Å². The molecule has 13 heteroatoms. The van der Waals surface area contributed by atoms with E-state index >= 15 is 0 Å². The average molecular weight is 681 g/mol. The third-order valence-electron chi connectivity index (χ3n) is 8.66. The lowest BCUT2D eigenvalue weighted by Gasteiger charge is -2.28. The molecule has 2 aliphatic rings. The molecule has 4 aromatic rings. The van der Waals surface area contributed by atoms with Gasteiger partial charge in [0.1, 0.15) is 29.9 Å². The first-order valence-electron chi connectivity index (χ1n) is 17.0. The van der Waals surface area contributed by atoms with Crippen LogP contribution in [0.15, 0.2) is 42.5 Å². The number of aryl methyl sites for hydroxylation is 1. The minimum absolute atomic E-state index is 0.0321. The Balaban J connectivity index is 0.00000221. The fourth-order valence-electron chi connectivity index (χ4n) is 6.30. The first-order valence-corrected chi connectivity index (χ1v) is 18.2. The highest BCUT2D eigenvalue weighted by Crippen LogP contribution is 2.43. The number of ether oxygens (including phenoxy) is 3. The van der Waals surface area contributed by atoms with E-state index < -0.39 is 14.6 Å². The van der Waals surface area contributed by atoms with Crippen molar-refractivity contribution in [1.82, 2.24) is 24.6 Å². The second kappa shape index (κ2) is 16.2. The van der Waals surface area contributed by atoms with Crippen LogP contribution in [0.2, 0.25) is 0 Å². The summed E-state index contributed by atoms with van der Waals surface area (Å²) in [5.74, 6) is 1.62. The highest BCUT2D eigenvalue weighted by Gasteiger charge is 2.38. The molecule has 0 bridgehead atoms. The molecule has 48 heavy (non-hydrogen) atoms. The van der Waals surface area contributed by atoms with Gasteiger partial charge in [0.25, 0.3) is 0 Å². The number of rotatable bonds is 12. The topological polar surface area (TPSA) is 145 Å². The number of nitrogens with two attached hydrogens (primary N) is 1. The number of imidazole rings is 1. The number of hydrogen-bond donors (Lipinski definition) is 2. The molecule has 5 atom stereocenters. The first kappa shape index (κ1) is 35.7. The van der Waals surface area contributed by atoms with Crippen LogP contribution in [-0.2, 0) is 18.8 Å². The van der Waals surface area contributed by atoms with E-state index in [0.717, 1.165) is 48.7 Å². The zero-order chi connectivity index (χ0) is 34.4. The Morgan fingerprint density at radius 1 is 1.10 bits per heavy atom. The van der Waals surface area contributed by atoms with Crippen molar-refractivity contribution in [3.05, 3.63) is 48.3 Å². The van der Waals surface area contributed by atoms with E-state index in [1.807, 2.05) is 81.7 Å². The highest BCUT2D eigenvalue weighted by atomic mass is 31.2. The number of carbonyl (C=O) groups is 1. The summed E-state index contributed by atoms with van der Waals surface area (Å²) < 4.78 is 32.9. The van der Waals surface area contributed by atoms with Gasteiger partial charge in [0, 0.05) is 11.3 Å². The lowest BCUT2D eigenvalue weighted by Crippen LogP contribution is -2.41. The molecule has 2 aromatic heterocycles. The van der Waals surface area contributed by atoms with Gasteiger partial charge in [0.2, 0.25) is 11.8 Å². The Morgan fingerprint density at radius 2 is 1.83 bits per heavy atom. The molecule has 1 saturated carbocycles. The summed E-state index contributed by atoms with van der Waals surface area (Å²) in [7, 11) is -0.241. The molecule has 3 N–H and O–H groups in total. The van der Waals surface area contributed by atoms with E-state index in [2.05, 4.69) is 27.0 Å². The summed E-state index contributed by atoms with van der Waals surface area (Å²) in [6.07, 6.45) is 4.09. The van der Waals surface area contributed by atoms with E-state index in [4.69, 9.17) is 29.0 Å². The van der Waals surface area contributed by atoms with E-state index in [-0.39, 0.29) is 48.8 Å². The van der Waals surface area contributed by atoms with Crippen molar-refractivity contribution in [3.63, 3.8) is 0 Å². The maximum atomic E-state index is 13.4. The van der Waals surface area contributed by atoms with Gasteiger partial charge in [0.05, 0.1) is 19.8 Å². The Hall–Kier alpha value is -3.57. The highest BCUT2D eigenvalue weighted by molar-refractivity contribution is 7.45. The summed E-state index contributed by atoms with van der Waals surface area (Å²) in [6.45, 7) is 12.3. The Bertz CT molecular complexity index is 1670. The minimum atomic E-state index is -1.77. The number of nitrogen functional groups attached to an aromatic ring is 1. The third-order valence-corrected chi connectivity index (χ3v) is 9.90. The third kappa shape index (κ3) is 8.00. The standard InChI is InChI=1S/C33H43N6O6P.C2H6/c1-19(2)27(32(40)44-23-13-7-8-14-23)38-46(45-26-16-10-12-22-11-6-9-15-25(22)26)42-18-24-17-20(3)31(43-24)39-21(4)35-28-29(39)36-33(34)37-30(28)41-5;1-2/h6,9-12,15-16,19-20,23-24,27,31,38H,7-8,13-14,17-18H2,1-5H3,(H2,34,36,37);1-2H3. The van der Waals surface area contributed by atoms with E-state index in [9.17, 15) is 4.79 Å². The SMILES string of the molecule is CC.COc1nc(N)nc2c1nc(C)n2C1OC(COP(NC(C(=O)OC2CCCC2)C(C)C)Oc2cccc3ccccc23)CC1C. The lowest BCUT2D eigenvalue weighted by atomic mass is 10.1. The van der Waals surface area contributed by atoms with Crippen molar-refractivity contribution in [2.75, 3.05) is 19.5 Å². The van der Waals surface area contributed by atoms with Gasteiger partial charge in [0.15, 0.2) is 11.2 Å². The molecule has 1 aliphatic heterocycles. The lowest BCUT2D eigenvalue weighted by molar-refractivity contribution is -0.152. The van der Waals surface area contributed by atoms with Crippen LogP contribution in [-0.4, -0.2) is 57.5 Å². The molecule has 260 valence electrons. The van der Waals surface area contributed by atoms with Crippen LogP contribution in [0.5, 0.6) is 11.6 Å². The van der Waals surface area contributed by atoms with Gasteiger partial charge in [-0.15, -0.1) is 0 Å². The number of carbonyl (C=O) groups excluding carboxylic acids is 1. The zero-order valence-corrected chi connectivity index (χ0v) is 29.9. The second-order valence-corrected chi connectivity index (χ2v) is 13.7. The normalized spacial score (nSPS) is 20.9. The van der Waals surface area contributed by atoms with Crippen molar-refractivity contribution in [2.45, 2.75) is 98.1 Å². The summed E-state index contributed by atoms with van der Waals surface area (Å²) in [6, 6.07) is 13.3. The van der Waals surface area contributed by atoms with Crippen LogP contribution in [0.4, 0.5) is 5.95 Å². The van der Waals surface area contributed by atoms with E-state index in [0.29, 0.717) is 22.8 Å². The first-order chi connectivity index (χ1) is 23.2. The fourth-order valence-corrected chi connectivity index (χ4v) is 7.75. The number of aromatic nitrogens is 4. The number of nitrogens with one attached hydrogen (secondary N) is 1. The number of benzene rings is 2. The predicted molar refractivity (Wildman–Crippen MR) is 188 cm³/mol. The number of anilines is 1. The van der Waals surface area contributed by atoms with Crippen LogP contribution in [0, 0.1) is 18.8 Å². The number of esters is 1. The van der Waals surface area contributed by atoms with Crippen LogP contribution in [0.25, 0.3) is 21.9 Å². The second-order valence-electron chi connectivity index (χ2n) is 12.5. The van der Waals surface area contributed by atoms with E-state index in [1.165, 1.54) is 7.11 Å². The molecule has 1 saturated heterocycles. The maximum absolute atomic E-state index is 13.4. The Kier molecular flexibility index (Phi) is 12.1. The van der Waals surface area contributed by atoms with Crippen LogP contribution >= 0.6 is 8.53 Å². The zero-order valence-electron chi connectivity index (χ0n) is 29.0. The molecular weight excluding hydrogens is 631 g/mol. The van der Waals surface area contributed by atoms with Crippen molar-refractivity contribution in [2.24, 2.45) is 11.8 Å². The fraction of sp³-hybridized carbons (Fsp3) is 0.543. The van der Waals surface area contributed by atoms with Gasteiger partial charge < -0.3 is 29.0 Å². The molecule has 0 spiro atoms. The Labute approximate surface area is 284 Å². The van der Waals surface area contributed by atoms with Gasteiger partial charge in [-0.3, -0.25) is 9.36 Å². The molecule has 2 aromatic carbocycles. The quantitative estimate of drug-likeness (QED) is 0.115. The molecule has 2 fully saturated rings. The van der Waals surface area contributed by atoms with Crippen LogP contribution in [0.1, 0.15) is 78.8 Å². The molecule has 12 nitrogen and oxygen atoms in total. The Morgan fingerprint density at radius 3 is 2.56 bits per heavy atom. The molecule has 0 radical (unpaired) electrons. The number of hydrogen-bond acceptors (Lipinski definition) is 11. The largest absolute Gasteiger partial charge is 0.479 e. The molecule has 1 aliphatic carbocycles. The molecule has 5 unspecified atom stereocenters. The van der Waals surface area contributed by atoms with Gasteiger partial charge in [-0.1, -0.05) is 71.0 Å². The van der Waals surface area contributed by atoms with Gasteiger partial charge in [-0.25, -0.2) is 10.1 Å². The van der Waals surface area contributed by atoms with Gasteiger partial charge in [-0.05, 0) is 56.4 Å². The summed E-state index contributed by atoms with van der Waals surface area (Å²) in [5, 5.41) is 5.41. The number of methoxy groups -OCH3 is 1. The van der Waals surface area contributed by atoms with Crippen LogP contribution in [0.3, 0.4) is 0 Å². The average Bonchev–Trinajstić information content (AvgIpc) is 3.81. The molecule has 3 heterocycles. The van der Waals surface area contributed by atoms with Crippen molar-refractivity contribution >= 4 is 42.4 Å². The van der Waals surface area contributed by atoms with Crippen molar-refractivity contribution < 1.29 is 28.1 Å². The minimum Gasteiger partial charge on any atom is -0.479 e. The number of nitrogens with zero attached hydrogens (tertiary/aromatic N) is 4. The van der Waals surface area contributed by atoms with Crippen molar-refractivity contribution in [3.8, 4) is 11.6 Å². The summed E-state index contributed by atoms with van der Waals surface area (Å²) in [5.41, 5.74) is 7.08. The summed E-state index contributed by atoms with van der Waals surface area (Å²) in [4.78, 5) is 26.7. The van der Waals surface area contributed by atoms with E-state index in [1.54, 1.807) is 0 Å². The molecule has 6 rings (SSSR count). The number of fused-ring (bicyclic) bond motifs is 2. The smallest absolute Gasteiger partial charge is 0.324 e. The molecule has 0 amide bonds. The monoisotopic (exact) mass is 680 g/mol. The maximum Gasteiger partial charge on any atom is 0.324 e. The predicted octanol–water partition coefficient (Wildman–Crippen LogP) is 7.25. The summed E-state index contributed by atoms with van der Waals surface area (Å²) >= 11 is 0. The van der Waals surface area contributed by atoms with Crippen LogP contribution < -0.4 is 20.1 Å². The van der Waals surface area contributed by atoms with Gasteiger partial charge >= 0.3 is 14.5 Å².